The molecule has 1 atom stereocenters. The van der Waals surface area contributed by atoms with Crippen LogP contribution in [0.2, 0.25) is 5.02 Å². The number of halogens is 2. The predicted molar refractivity (Wildman–Crippen MR) is 192 cm³/mol. The molecule has 262 valence electrons. The summed E-state index contributed by atoms with van der Waals surface area (Å²) in [6.07, 6.45) is 1.73. The quantitative estimate of drug-likeness (QED) is 0.156. The Morgan fingerprint density at radius 2 is 1.74 bits per heavy atom. The van der Waals surface area contributed by atoms with Crippen LogP contribution >= 0.6 is 38.9 Å². The van der Waals surface area contributed by atoms with Crippen molar-refractivity contribution < 1.29 is 38.0 Å². The van der Waals surface area contributed by atoms with Crippen molar-refractivity contribution in [2.45, 2.75) is 33.4 Å². The average molecular weight is 786 g/mol. The summed E-state index contributed by atoms with van der Waals surface area (Å²) in [4.78, 5) is 44.4. The molecule has 4 aromatic rings. The molecule has 3 aromatic carbocycles. The third-order valence-electron chi connectivity index (χ3n) is 7.52. The Hall–Kier alpha value is -4.59. The predicted octanol–water partition coefficient (Wildman–Crippen LogP) is 5.75. The molecule has 0 radical (unpaired) electrons. The second-order valence-electron chi connectivity index (χ2n) is 10.8. The van der Waals surface area contributed by atoms with Crippen LogP contribution in [0.4, 0.5) is 0 Å². The van der Waals surface area contributed by atoms with E-state index in [4.69, 9.17) is 35.3 Å². The molecule has 14 heteroatoms. The highest BCUT2D eigenvalue weighted by Gasteiger charge is 2.34. The second-order valence-corrected chi connectivity index (χ2v) is 13.1. The van der Waals surface area contributed by atoms with Crippen LogP contribution in [0.25, 0.3) is 6.08 Å². The molecule has 0 saturated heterocycles. The van der Waals surface area contributed by atoms with Crippen molar-refractivity contribution in [2.24, 2.45) is 4.99 Å². The van der Waals surface area contributed by atoms with Crippen LogP contribution in [-0.2, 0) is 25.7 Å². The number of esters is 2. The second kappa shape index (κ2) is 16.4. The van der Waals surface area contributed by atoms with Crippen molar-refractivity contribution in [3.8, 4) is 23.0 Å². The first-order chi connectivity index (χ1) is 24.1. The zero-order valence-electron chi connectivity index (χ0n) is 27.9. The summed E-state index contributed by atoms with van der Waals surface area (Å²) in [5.74, 6) is 0.427. The summed E-state index contributed by atoms with van der Waals surface area (Å²) in [6.45, 7) is 5.61. The van der Waals surface area contributed by atoms with E-state index < -0.39 is 18.0 Å². The summed E-state index contributed by atoms with van der Waals surface area (Å²) in [7, 11) is 2.81. The van der Waals surface area contributed by atoms with Crippen molar-refractivity contribution >= 4 is 56.9 Å². The van der Waals surface area contributed by atoms with Crippen molar-refractivity contribution in [3.05, 3.63) is 112 Å². The van der Waals surface area contributed by atoms with E-state index in [9.17, 15) is 14.4 Å². The highest BCUT2D eigenvalue weighted by molar-refractivity contribution is 9.10. The van der Waals surface area contributed by atoms with Crippen molar-refractivity contribution in [1.29, 1.82) is 0 Å². The van der Waals surface area contributed by atoms with Gasteiger partial charge < -0.3 is 28.4 Å². The largest absolute Gasteiger partial charge is 0.493 e. The number of thiazole rings is 1. The molecule has 11 nitrogen and oxygen atoms in total. The van der Waals surface area contributed by atoms with Crippen molar-refractivity contribution in [3.63, 3.8) is 0 Å². The molecule has 5 rings (SSSR count). The minimum absolute atomic E-state index is 0.132. The van der Waals surface area contributed by atoms with Gasteiger partial charge in [0.1, 0.15) is 6.61 Å². The van der Waals surface area contributed by atoms with Crippen LogP contribution in [0.5, 0.6) is 23.0 Å². The van der Waals surface area contributed by atoms with Crippen LogP contribution in [0.15, 0.2) is 80.1 Å². The first-order valence-corrected chi connectivity index (χ1v) is 17.5. The van der Waals surface area contributed by atoms with Gasteiger partial charge in [-0.1, -0.05) is 41.1 Å². The fourth-order valence-corrected chi connectivity index (χ4v) is 6.98. The van der Waals surface area contributed by atoms with Gasteiger partial charge in [0.05, 0.1) is 53.8 Å². The van der Waals surface area contributed by atoms with Crippen LogP contribution in [0.3, 0.4) is 0 Å². The molecule has 0 spiro atoms. The van der Waals surface area contributed by atoms with Gasteiger partial charge in [0, 0.05) is 5.02 Å². The summed E-state index contributed by atoms with van der Waals surface area (Å²) in [5.41, 5.74) is 2.41. The van der Waals surface area contributed by atoms with Gasteiger partial charge in [-0.25, -0.2) is 14.6 Å². The number of hydrogen-bond donors (Lipinski definition) is 0. The number of hydrogen-bond acceptors (Lipinski definition) is 11. The first-order valence-electron chi connectivity index (χ1n) is 15.5. The SMILES string of the molecule is CCOC(=O)C1=C(C)N=c2s/c(=C\c3cc(Br)c(OCc4ccc(Cl)cc4)c(OC)c3)c(=O)n2[C@@H]1c1ccc(OCC(=O)OC)c(OCC)c1. The Morgan fingerprint density at radius 1 is 0.980 bits per heavy atom. The Bertz CT molecular complexity index is 2130. The van der Waals surface area contributed by atoms with Gasteiger partial charge in [-0.15, -0.1) is 0 Å². The number of rotatable bonds is 13. The molecule has 0 amide bonds. The van der Waals surface area contributed by atoms with E-state index in [1.807, 2.05) is 18.2 Å². The molecule has 0 bridgehead atoms. The van der Waals surface area contributed by atoms with Gasteiger partial charge in [-0.2, -0.15) is 0 Å². The number of carbonyl (C=O) groups is 2. The van der Waals surface area contributed by atoms with Gasteiger partial charge in [0.15, 0.2) is 34.4 Å². The summed E-state index contributed by atoms with van der Waals surface area (Å²) < 4.78 is 35.8. The highest BCUT2D eigenvalue weighted by Crippen LogP contribution is 2.38. The summed E-state index contributed by atoms with van der Waals surface area (Å²) in [6, 6.07) is 15.1. The Morgan fingerprint density at radius 3 is 2.42 bits per heavy atom. The molecule has 0 fully saturated rings. The lowest BCUT2D eigenvalue weighted by Crippen LogP contribution is -2.40. The minimum Gasteiger partial charge on any atom is -0.493 e. The van der Waals surface area contributed by atoms with E-state index in [-0.39, 0.29) is 31.0 Å². The number of methoxy groups -OCH3 is 2. The summed E-state index contributed by atoms with van der Waals surface area (Å²) in [5, 5.41) is 0.635. The van der Waals surface area contributed by atoms with E-state index in [1.54, 1.807) is 63.2 Å². The van der Waals surface area contributed by atoms with Gasteiger partial charge in [0.25, 0.3) is 5.56 Å². The average Bonchev–Trinajstić information content (AvgIpc) is 3.40. The number of ether oxygens (including phenoxy) is 6. The molecule has 50 heavy (non-hydrogen) atoms. The maximum Gasteiger partial charge on any atom is 0.343 e. The first kappa shape index (κ1) is 36.7. The van der Waals surface area contributed by atoms with E-state index >= 15 is 0 Å². The lowest BCUT2D eigenvalue weighted by Gasteiger charge is -2.25. The topological polar surface area (TPSA) is 124 Å². The molecule has 1 aliphatic rings. The normalized spacial score (nSPS) is 14.1. The lowest BCUT2D eigenvalue weighted by atomic mass is 9.95. The number of benzene rings is 3. The van der Waals surface area contributed by atoms with Crippen molar-refractivity contribution in [1.82, 2.24) is 4.57 Å². The van der Waals surface area contributed by atoms with Gasteiger partial charge >= 0.3 is 11.9 Å². The molecule has 0 saturated carbocycles. The molecule has 0 unspecified atom stereocenters. The fraction of sp³-hybridized carbons (Fsp3) is 0.278. The minimum atomic E-state index is -0.897. The number of fused-ring (bicyclic) bond motifs is 1. The molecule has 0 aliphatic carbocycles. The van der Waals surface area contributed by atoms with Gasteiger partial charge in [-0.3, -0.25) is 9.36 Å². The Kier molecular flexibility index (Phi) is 12.0. The maximum atomic E-state index is 14.2. The lowest BCUT2D eigenvalue weighted by molar-refractivity contribution is -0.143. The zero-order valence-corrected chi connectivity index (χ0v) is 31.1. The van der Waals surface area contributed by atoms with Crippen LogP contribution in [-0.4, -0.2) is 50.5 Å². The molecular formula is C36H34BrClN2O9S. The van der Waals surface area contributed by atoms with Gasteiger partial charge in [-0.05, 0) is 95.9 Å². The smallest absolute Gasteiger partial charge is 0.343 e. The molecule has 0 N–H and O–H groups in total. The van der Waals surface area contributed by atoms with Crippen LogP contribution in [0, 0.1) is 0 Å². The zero-order chi connectivity index (χ0) is 35.9. The van der Waals surface area contributed by atoms with E-state index in [0.717, 1.165) is 5.56 Å². The van der Waals surface area contributed by atoms with Gasteiger partial charge in [0.2, 0.25) is 0 Å². The van der Waals surface area contributed by atoms with E-state index in [2.05, 4.69) is 25.7 Å². The molecular weight excluding hydrogens is 752 g/mol. The number of allylic oxidation sites excluding steroid dienone is 1. The number of nitrogens with zero attached hydrogens (tertiary/aromatic N) is 2. The molecule has 1 aromatic heterocycles. The summed E-state index contributed by atoms with van der Waals surface area (Å²) >= 11 is 10.8. The van der Waals surface area contributed by atoms with E-state index in [1.165, 1.54) is 30.1 Å². The third kappa shape index (κ3) is 8.06. The molecule has 1 aliphatic heterocycles. The Labute approximate surface area is 305 Å². The number of carbonyl (C=O) groups excluding carboxylic acids is 2. The van der Waals surface area contributed by atoms with Crippen molar-refractivity contribution in [2.75, 3.05) is 34.0 Å². The van der Waals surface area contributed by atoms with Crippen LogP contribution < -0.4 is 33.8 Å². The monoisotopic (exact) mass is 784 g/mol. The standard InChI is InChI=1S/C36H34BrClN2O9S/c1-6-46-27-17-23(10-13-26(27)48-19-30(41)45-5)32-31(35(43)47-7-2)20(3)39-36-40(32)34(42)29(50-36)16-22-14-25(37)33(28(15-22)44-4)49-18-21-8-11-24(38)12-9-21/h8-17,32H,6-7,18-19H2,1-5H3/b29-16-/t32-/m1/s1. The molecule has 2 heterocycles. The Balaban J connectivity index is 1.58. The highest BCUT2D eigenvalue weighted by atomic mass is 79.9. The number of aromatic nitrogens is 1. The van der Waals surface area contributed by atoms with E-state index in [0.29, 0.717) is 65.3 Å². The van der Waals surface area contributed by atoms with Crippen LogP contribution in [0.1, 0.15) is 43.5 Å². The fourth-order valence-electron chi connectivity index (χ4n) is 5.24. The third-order valence-corrected chi connectivity index (χ3v) is 9.34. The maximum absolute atomic E-state index is 14.2.